The van der Waals surface area contributed by atoms with Gasteiger partial charge < -0.3 is 10.1 Å². The molecule has 0 saturated carbocycles. The fraction of sp³-hybridized carbons (Fsp3) is 0.192. The Morgan fingerprint density at radius 3 is 2.30 bits per heavy atom. The molecule has 7 heteroatoms. The summed E-state index contributed by atoms with van der Waals surface area (Å²) >= 11 is 1.35. The number of amides is 1. The van der Waals surface area contributed by atoms with E-state index in [9.17, 15) is 4.79 Å². The number of benzene rings is 3. The number of nitrogens with zero attached hydrogens (tertiary/aromatic N) is 3. The second kappa shape index (κ2) is 9.92. The number of methoxy groups -OCH3 is 1. The zero-order chi connectivity index (χ0) is 23.4. The Hall–Kier alpha value is -3.58. The van der Waals surface area contributed by atoms with Crippen molar-refractivity contribution in [3.8, 4) is 22.8 Å². The van der Waals surface area contributed by atoms with Crippen LogP contribution in [0.25, 0.3) is 17.1 Å². The van der Waals surface area contributed by atoms with E-state index in [0.29, 0.717) is 5.16 Å². The highest BCUT2D eigenvalue weighted by molar-refractivity contribution is 7.99. The summed E-state index contributed by atoms with van der Waals surface area (Å²) in [5.74, 6) is 1.62. The van der Waals surface area contributed by atoms with Gasteiger partial charge in [0.05, 0.1) is 12.9 Å². The highest BCUT2D eigenvalue weighted by Gasteiger charge is 2.18. The van der Waals surface area contributed by atoms with Crippen molar-refractivity contribution in [2.45, 2.75) is 25.9 Å². The van der Waals surface area contributed by atoms with Crippen molar-refractivity contribution in [3.05, 3.63) is 83.4 Å². The Bertz CT molecular complexity index is 1260. The summed E-state index contributed by atoms with van der Waals surface area (Å²) in [5, 5.41) is 12.5. The van der Waals surface area contributed by atoms with Gasteiger partial charge in [-0.2, -0.15) is 0 Å². The normalized spacial score (nSPS) is 10.8. The van der Waals surface area contributed by atoms with Crippen molar-refractivity contribution in [3.63, 3.8) is 0 Å². The topological polar surface area (TPSA) is 69.0 Å². The van der Waals surface area contributed by atoms with Crippen molar-refractivity contribution < 1.29 is 9.53 Å². The first-order chi connectivity index (χ1) is 15.9. The summed E-state index contributed by atoms with van der Waals surface area (Å²) in [4.78, 5) is 12.7. The minimum atomic E-state index is -0.0897. The lowest BCUT2D eigenvalue weighted by molar-refractivity contribution is -0.113. The van der Waals surface area contributed by atoms with Crippen LogP contribution in [0.15, 0.2) is 71.9 Å². The molecule has 3 aromatic carbocycles. The molecule has 1 amide bonds. The molecule has 1 N–H and O–H groups in total. The maximum atomic E-state index is 12.7. The Balaban J connectivity index is 1.60. The molecule has 0 spiro atoms. The highest BCUT2D eigenvalue weighted by atomic mass is 32.2. The van der Waals surface area contributed by atoms with Crippen molar-refractivity contribution in [2.75, 3.05) is 18.2 Å². The first-order valence-corrected chi connectivity index (χ1v) is 11.6. The molecule has 33 heavy (non-hydrogen) atoms. The molecule has 0 aliphatic rings. The van der Waals surface area contributed by atoms with Crippen LogP contribution in [0.3, 0.4) is 0 Å². The third-order valence-electron chi connectivity index (χ3n) is 5.26. The average molecular weight is 459 g/mol. The maximum absolute atomic E-state index is 12.7. The van der Waals surface area contributed by atoms with E-state index in [2.05, 4.69) is 21.6 Å². The Morgan fingerprint density at radius 1 is 0.939 bits per heavy atom. The zero-order valence-corrected chi connectivity index (χ0v) is 19.9. The number of aromatic nitrogens is 3. The molecule has 4 aromatic rings. The second-order valence-electron chi connectivity index (χ2n) is 7.86. The molecule has 0 bridgehead atoms. The molecule has 0 aliphatic heterocycles. The molecule has 0 radical (unpaired) electrons. The molecule has 0 fully saturated rings. The van der Waals surface area contributed by atoms with Gasteiger partial charge in [-0.3, -0.25) is 9.36 Å². The lowest BCUT2D eigenvalue weighted by Gasteiger charge is -2.12. The van der Waals surface area contributed by atoms with E-state index >= 15 is 0 Å². The van der Waals surface area contributed by atoms with Crippen LogP contribution in [0.2, 0.25) is 0 Å². The largest absolute Gasteiger partial charge is 0.497 e. The number of thioether (sulfide) groups is 1. The van der Waals surface area contributed by atoms with E-state index in [1.807, 2.05) is 86.0 Å². The molecule has 0 atom stereocenters. The summed E-state index contributed by atoms with van der Waals surface area (Å²) in [7, 11) is 1.64. The lowest BCUT2D eigenvalue weighted by atomic mass is 10.1. The number of anilines is 1. The van der Waals surface area contributed by atoms with Gasteiger partial charge in [-0.15, -0.1) is 10.2 Å². The van der Waals surface area contributed by atoms with E-state index in [1.54, 1.807) is 7.11 Å². The van der Waals surface area contributed by atoms with Crippen LogP contribution < -0.4 is 10.1 Å². The summed E-state index contributed by atoms with van der Waals surface area (Å²) in [6.07, 6.45) is 0. The SMILES string of the molecule is COc1ccc(-n2c(SCC(=O)Nc3ccc(C)cc3C)nnc2-c2ccc(C)cc2)cc1. The first-order valence-electron chi connectivity index (χ1n) is 10.6. The van der Waals surface area contributed by atoms with Gasteiger partial charge in [0.15, 0.2) is 11.0 Å². The minimum Gasteiger partial charge on any atom is -0.497 e. The quantitative estimate of drug-likeness (QED) is 0.365. The highest BCUT2D eigenvalue weighted by Crippen LogP contribution is 2.29. The molecule has 6 nitrogen and oxygen atoms in total. The third-order valence-corrected chi connectivity index (χ3v) is 6.19. The molecule has 168 valence electrons. The average Bonchev–Trinajstić information content (AvgIpc) is 3.24. The summed E-state index contributed by atoms with van der Waals surface area (Å²) in [6, 6.07) is 21.8. The summed E-state index contributed by atoms with van der Waals surface area (Å²) in [6.45, 7) is 6.07. The molecular formula is C26H26N4O2S. The predicted octanol–water partition coefficient (Wildman–Crippen LogP) is 5.60. The number of nitrogens with one attached hydrogen (secondary N) is 1. The molecule has 1 heterocycles. The van der Waals surface area contributed by atoms with Gasteiger partial charge in [0, 0.05) is 16.9 Å². The molecule has 0 aliphatic carbocycles. The summed E-state index contributed by atoms with van der Waals surface area (Å²) < 4.78 is 7.27. The van der Waals surface area contributed by atoms with Crippen molar-refractivity contribution in [1.82, 2.24) is 14.8 Å². The standard InChI is InChI=1S/C26H26N4O2S/c1-17-5-8-20(9-6-17)25-28-29-26(30(25)21-10-12-22(32-4)13-11-21)33-16-24(31)27-23-14-7-18(2)15-19(23)3/h5-15H,16H2,1-4H3,(H,27,31). The molecule has 4 rings (SSSR count). The first kappa shape index (κ1) is 22.6. The Morgan fingerprint density at radius 2 is 1.64 bits per heavy atom. The third kappa shape index (κ3) is 5.26. The van der Waals surface area contributed by atoms with Crippen LogP contribution >= 0.6 is 11.8 Å². The number of hydrogen-bond acceptors (Lipinski definition) is 5. The summed E-state index contributed by atoms with van der Waals surface area (Å²) in [5.41, 5.74) is 6.05. The zero-order valence-electron chi connectivity index (χ0n) is 19.1. The minimum absolute atomic E-state index is 0.0897. The number of carbonyl (C=O) groups excluding carboxylic acids is 1. The monoisotopic (exact) mass is 458 g/mol. The Labute approximate surface area is 198 Å². The van der Waals surface area contributed by atoms with Crippen LogP contribution in [0.4, 0.5) is 5.69 Å². The van der Waals surface area contributed by atoms with E-state index in [1.165, 1.54) is 17.3 Å². The second-order valence-corrected chi connectivity index (χ2v) is 8.80. The van der Waals surface area contributed by atoms with E-state index in [4.69, 9.17) is 4.74 Å². The van der Waals surface area contributed by atoms with Gasteiger partial charge >= 0.3 is 0 Å². The number of hydrogen-bond donors (Lipinski definition) is 1. The molecule has 1 aromatic heterocycles. The predicted molar refractivity (Wildman–Crippen MR) is 133 cm³/mol. The van der Waals surface area contributed by atoms with Crippen LogP contribution in [0.1, 0.15) is 16.7 Å². The van der Waals surface area contributed by atoms with Gasteiger partial charge in [-0.05, 0) is 56.7 Å². The molecule has 0 unspecified atom stereocenters. The number of rotatable bonds is 7. The van der Waals surface area contributed by atoms with Crippen LogP contribution in [-0.4, -0.2) is 33.5 Å². The van der Waals surface area contributed by atoms with E-state index < -0.39 is 0 Å². The maximum Gasteiger partial charge on any atom is 0.234 e. The van der Waals surface area contributed by atoms with Crippen molar-refractivity contribution >= 4 is 23.4 Å². The molecule has 0 saturated heterocycles. The van der Waals surface area contributed by atoms with Gasteiger partial charge in [-0.1, -0.05) is 59.3 Å². The number of carbonyl (C=O) groups is 1. The number of ether oxygens (including phenoxy) is 1. The Kier molecular flexibility index (Phi) is 6.79. The van der Waals surface area contributed by atoms with Gasteiger partial charge in [-0.25, -0.2) is 0 Å². The number of aryl methyl sites for hydroxylation is 3. The smallest absolute Gasteiger partial charge is 0.234 e. The van der Waals surface area contributed by atoms with E-state index in [0.717, 1.165) is 39.6 Å². The van der Waals surface area contributed by atoms with Crippen molar-refractivity contribution in [1.29, 1.82) is 0 Å². The van der Waals surface area contributed by atoms with Gasteiger partial charge in [0.25, 0.3) is 0 Å². The lowest BCUT2D eigenvalue weighted by Crippen LogP contribution is -2.15. The fourth-order valence-electron chi connectivity index (χ4n) is 3.49. The van der Waals surface area contributed by atoms with E-state index in [-0.39, 0.29) is 11.7 Å². The van der Waals surface area contributed by atoms with Crippen LogP contribution in [0, 0.1) is 20.8 Å². The van der Waals surface area contributed by atoms with Crippen LogP contribution in [-0.2, 0) is 4.79 Å². The van der Waals surface area contributed by atoms with Crippen LogP contribution in [0.5, 0.6) is 5.75 Å². The fourth-order valence-corrected chi connectivity index (χ4v) is 4.24. The van der Waals surface area contributed by atoms with Gasteiger partial charge in [0.2, 0.25) is 5.91 Å². The molecular weight excluding hydrogens is 432 g/mol. The van der Waals surface area contributed by atoms with Crippen molar-refractivity contribution in [2.24, 2.45) is 0 Å². The van der Waals surface area contributed by atoms with Gasteiger partial charge in [0.1, 0.15) is 5.75 Å².